The van der Waals surface area contributed by atoms with Gasteiger partial charge in [0, 0.05) is 23.7 Å². The van der Waals surface area contributed by atoms with Crippen LogP contribution in [0, 0.1) is 6.92 Å². The summed E-state index contributed by atoms with van der Waals surface area (Å²) in [4.78, 5) is 15.3. The van der Waals surface area contributed by atoms with Crippen molar-refractivity contribution in [3.05, 3.63) is 72.2 Å². The molecule has 1 aliphatic rings. The van der Waals surface area contributed by atoms with Gasteiger partial charge in [0.2, 0.25) is 0 Å². The van der Waals surface area contributed by atoms with Crippen LogP contribution >= 0.6 is 0 Å². The largest absolute Gasteiger partial charge is 0.508 e. The molecule has 1 atom stereocenters. The molecule has 1 unspecified atom stereocenters. The van der Waals surface area contributed by atoms with Gasteiger partial charge in [0.25, 0.3) is 0 Å². The molecule has 3 rings (SSSR count). The van der Waals surface area contributed by atoms with Gasteiger partial charge >= 0.3 is 0 Å². The van der Waals surface area contributed by atoms with Crippen LogP contribution in [-0.4, -0.2) is 21.3 Å². The van der Waals surface area contributed by atoms with Gasteiger partial charge in [-0.25, -0.2) is 9.97 Å². The first kappa shape index (κ1) is 18.6. The molecular formula is C22H24N4O. The summed E-state index contributed by atoms with van der Waals surface area (Å²) in [6.07, 6.45) is 7.98. The Balaban J connectivity index is 2.00. The van der Waals surface area contributed by atoms with Crippen LogP contribution in [0.3, 0.4) is 0 Å². The highest BCUT2D eigenvalue weighted by Crippen LogP contribution is 2.46. The highest BCUT2D eigenvalue weighted by Gasteiger charge is 2.34. The molecule has 138 valence electrons. The van der Waals surface area contributed by atoms with Crippen LogP contribution in [-0.2, 0) is 0 Å². The topological polar surface area (TPSA) is 61.6 Å². The molecule has 5 nitrogen and oxygen atoms in total. The number of aromatic nitrogens is 2. The predicted octanol–water partition coefficient (Wildman–Crippen LogP) is 5.05. The molecule has 27 heavy (non-hydrogen) atoms. The second kappa shape index (κ2) is 7.58. The number of phenols is 1. The van der Waals surface area contributed by atoms with E-state index in [2.05, 4.69) is 39.9 Å². The molecular weight excluding hydrogens is 336 g/mol. The number of phenolic OH excluding ortho intramolecular Hbond substituents is 1. The highest BCUT2D eigenvalue weighted by atomic mass is 16.3. The van der Waals surface area contributed by atoms with Crippen molar-refractivity contribution in [2.24, 2.45) is 4.99 Å². The Hall–Kier alpha value is -3.21. The lowest BCUT2D eigenvalue weighted by Gasteiger charge is -2.26. The van der Waals surface area contributed by atoms with E-state index in [1.165, 1.54) is 0 Å². The molecule has 1 aliphatic heterocycles. The first-order chi connectivity index (χ1) is 13.0. The SMILES string of the molecule is C=C(/N=C\C=C/C)c1nccc(N2C(=C)c3cc(O)c(C)cc3C2CC)n1. The van der Waals surface area contributed by atoms with Gasteiger partial charge in [-0.2, -0.15) is 0 Å². The number of nitrogens with zero attached hydrogens (tertiary/aromatic N) is 4. The third-order valence-electron chi connectivity index (χ3n) is 4.68. The zero-order valence-electron chi connectivity index (χ0n) is 16.0. The summed E-state index contributed by atoms with van der Waals surface area (Å²) in [5.41, 5.74) is 4.29. The molecule has 2 heterocycles. The number of aliphatic imine (C=N–C) groups is 1. The van der Waals surface area contributed by atoms with Crippen molar-refractivity contribution in [2.75, 3.05) is 4.90 Å². The number of anilines is 1. The van der Waals surface area contributed by atoms with E-state index < -0.39 is 0 Å². The fourth-order valence-electron chi connectivity index (χ4n) is 3.30. The molecule has 0 radical (unpaired) electrons. The van der Waals surface area contributed by atoms with Gasteiger partial charge in [-0.05, 0) is 55.7 Å². The maximum atomic E-state index is 10.1. The van der Waals surface area contributed by atoms with E-state index in [4.69, 9.17) is 0 Å². The number of benzene rings is 1. The number of hydrogen-bond acceptors (Lipinski definition) is 5. The number of rotatable bonds is 5. The van der Waals surface area contributed by atoms with Crippen LogP contribution in [0.2, 0.25) is 0 Å². The van der Waals surface area contributed by atoms with Gasteiger partial charge in [0.1, 0.15) is 17.3 Å². The molecule has 1 aromatic heterocycles. The summed E-state index contributed by atoms with van der Waals surface area (Å²) in [6, 6.07) is 5.79. The van der Waals surface area contributed by atoms with Crippen molar-refractivity contribution in [1.82, 2.24) is 9.97 Å². The average molecular weight is 360 g/mol. The van der Waals surface area contributed by atoms with Gasteiger partial charge in [0.15, 0.2) is 5.82 Å². The molecule has 5 heteroatoms. The lowest BCUT2D eigenvalue weighted by Crippen LogP contribution is -2.21. The van der Waals surface area contributed by atoms with Crippen molar-refractivity contribution in [2.45, 2.75) is 33.2 Å². The van der Waals surface area contributed by atoms with E-state index >= 15 is 0 Å². The molecule has 0 saturated heterocycles. The van der Waals surface area contributed by atoms with Crippen LogP contribution < -0.4 is 4.90 Å². The summed E-state index contributed by atoms with van der Waals surface area (Å²) in [6.45, 7) is 14.2. The predicted molar refractivity (Wildman–Crippen MR) is 112 cm³/mol. The molecule has 0 amide bonds. The molecule has 0 aliphatic carbocycles. The minimum atomic E-state index is 0.106. The molecule has 1 aromatic carbocycles. The Kier molecular flexibility index (Phi) is 5.21. The highest BCUT2D eigenvalue weighted by molar-refractivity contribution is 5.85. The first-order valence-electron chi connectivity index (χ1n) is 8.97. The molecule has 1 N–H and O–H groups in total. The van der Waals surface area contributed by atoms with E-state index in [1.54, 1.807) is 18.5 Å². The number of fused-ring (bicyclic) bond motifs is 1. The van der Waals surface area contributed by atoms with E-state index in [0.29, 0.717) is 11.5 Å². The quantitative estimate of drug-likeness (QED) is 0.758. The molecule has 0 spiro atoms. The van der Waals surface area contributed by atoms with E-state index in [0.717, 1.165) is 34.6 Å². The second-order valence-electron chi connectivity index (χ2n) is 6.46. The van der Waals surface area contributed by atoms with Crippen molar-refractivity contribution < 1.29 is 5.11 Å². The summed E-state index contributed by atoms with van der Waals surface area (Å²) < 4.78 is 0. The Morgan fingerprint density at radius 2 is 2.19 bits per heavy atom. The normalized spacial score (nSPS) is 16.5. The standard InChI is InChI=1S/C22H24N4O/c1-6-8-10-23-15(4)22-24-11-9-21(25-22)26-16(5)17-13-20(27)14(3)12-18(17)19(26)7-2/h6,8-13,19,27H,4-5,7H2,1-3H3/b8-6-,23-10-. The summed E-state index contributed by atoms with van der Waals surface area (Å²) in [5, 5.41) is 10.1. The fourth-order valence-corrected chi connectivity index (χ4v) is 3.30. The van der Waals surface area contributed by atoms with Crippen molar-refractivity contribution in [3.8, 4) is 5.75 Å². The minimum absolute atomic E-state index is 0.106. The van der Waals surface area contributed by atoms with Gasteiger partial charge in [-0.3, -0.25) is 4.99 Å². The van der Waals surface area contributed by atoms with Crippen LogP contribution in [0.15, 0.2) is 54.7 Å². The number of aromatic hydroxyl groups is 1. The third kappa shape index (κ3) is 3.40. The Morgan fingerprint density at radius 1 is 1.41 bits per heavy atom. The van der Waals surface area contributed by atoms with Gasteiger partial charge in [0.05, 0.1) is 6.04 Å². The third-order valence-corrected chi connectivity index (χ3v) is 4.68. The maximum Gasteiger partial charge on any atom is 0.179 e. The number of hydrogen-bond donors (Lipinski definition) is 1. The number of aryl methyl sites for hydroxylation is 1. The molecule has 2 aromatic rings. The fraction of sp³-hybridized carbons (Fsp3) is 0.227. The van der Waals surface area contributed by atoms with Crippen molar-refractivity contribution in [3.63, 3.8) is 0 Å². The van der Waals surface area contributed by atoms with Gasteiger partial charge in [-0.1, -0.05) is 26.2 Å². The van der Waals surface area contributed by atoms with E-state index in [9.17, 15) is 5.11 Å². The average Bonchev–Trinajstić information content (AvgIpc) is 2.93. The summed E-state index contributed by atoms with van der Waals surface area (Å²) >= 11 is 0. The Bertz CT molecular complexity index is 959. The van der Waals surface area contributed by atoms with Crippen LogP contribution in [0.1, 0.15) is 48.8 Å². The maximum absolute atomic E-state index is 10.1. The van der Waals surface area contributed by atoms with E-state index in [-0.39, 0.29) is 11.8 Å². The second-order valence-corrected chi connectivity index (χ2v) is 6.46. The van der Waals surface area contributed by atoms with Crippen LogP contribution in [0.5, 0.6) is 5.75 Å². The van der Waals surface area contributed by atoms with E-state index in [1.807, 2.05) is 38.1 Å². The molecule has 0 fully saturated rings. The van der Waals surface area contributed by atoms with Crippen molar-refractivity contribution >= 4 is 23.4 Å². The monoisotopic (exact) mass is 360 g/mol. The first-order valence-corrected chi connectivity index (χ1v) is 8.97. The zero-order valence-corrected chi connectivity index (χ0v) is 16.0. The van der Waals surface area contributed by atoms with Crippen LogP contribution in [0.25, 0.3) is 11.4 Å². The Morgan fingerprint density at radius 3 is 2.89 bits per heavy atom. The summed E-state index contributed by atoms with van der Waals surface area (Å²) in [7, 11) is 0. The Labute approximate surface area is 160 Å². The lowest BCUT2D eigenvalue weighted by molar-refractivity contribution is 0.470. The molecule has 0 bridgehead atoms. The lowest BCUT2D eigenvalue weighted by atomic mass is 9.99. The number of allylic oxidation sites excluding steroid dienone is 2. The smallest absolute Gasteiger partial charge is 0.179 e. The zero-order chi connectivity index (χ0) is 19.6. The minimum Gasteiger partial charge on any atom is -0.508 e. The molecule has 0 saturated carbocycles. The van der Waals surface area contributed by atoms with Gasteiger partial charge in [-0.15, -0.1) is 0 Å². The van der Waals surface area contributed by atoms with Crippen molar-refractivity contribution in [1.29, 1.82) is 0 Å². The summed E-state index contributed by atoms with van der Waals surface area (Å²) in [5.74, 6) is 1.50. The van der Waals surface area contributed by atoms with Crippen LogP contribution in [0.4, 0.5) is 5.82 Å². The van der Waals surface area contributed by atoms with Gasteiger partial charge < -0.3 is 10.0 Å².